The van der Waals surface area contributed by atoms with Crippen molar-refractivity contribution < 1.29 is 14.3 Å². The van der Waals surface area contributed by atoms with Crippen molar-refractivity contribution >= 4 is 33.4 Å². The van der Waals surface area contributed by atoms with Crippen LogP contribution in [0.1, 0.15) is 31.8 Å². The van der Waals surface area contributed by atoms with Crippen molar-refractivity contribution in [3.05, 3.63) is 93.5 Å². The second-order valence-corrected chi connectivity index (χ2v) is 8.23. The zero-order chi connectivity index (χ0) is 22.4. The number of rotatable bonds is 7. The van der Waals surface area contributed by atoms with Crippen molar-refractivity contribution in [3.63, 3.8) is 0 Å². The monoisotopic (exact) mass is 480 g/mol. The van der Waals surface area contributed by atoms with Gasteiger partial charge in [0.25, 0.3) is 11.8 Å². The Kier molecular flexibility index (Phi) is 7.47. The van der Waals surface area contributed by atoms with Crippen LogP contribution in [0.25, 0.3) is 0 Å². The van der Waals surface area contributed by atoms with Crippen molar-refractivity contribution in [2.45, 2.75) is 13.8 Å². The molecule has 5 nitrogen and oxygen atoms in total. The minimum Gasteiger partial charge on any atom is -0.492 e. The van der Waals surface area contributed by atoms with E-state index in [-0.39, 0.29) is 11.8 Å². The summed E-state index contributed by atoms with van der Waals surface area (Å²) in [5.41, 5.74) is 3.66. The third-order valence-corrected chi connectivity index (χ3v) is 5.45. The maximum Gasteiger partial charge on any atom is 0.256 e. The minimum absolute atomic E-state index is 0.188. The molecule has 0 aliphatic rings. The number of anilines is 1. The van der Waals surface area contributed by atoms with E-state index in [1.165, 1.54) is 0 Å². The number of hydrogen-bond donors (Lipinski definition) is 1. The Hall–Kier alpha value is -3.12. The molecule has 0 fully saturated rings. The molecule has 2 amide bonds. The summed E-state index contributed by atoms with van der Waals surface area (Å²) in [6.07, 6.45) is 0. The molecule has 0 aliphatic heterocycles. The lowest BCUT2D eigenvalue weighted by Crippen LogP contribution is -2.31. The second kappa shape index (κ2) is 10.3. The van der Waals surface area contributed by atoms with E-state index < -0.39 is 0 Å². The fourth-order valence-electron chi connectivity index (χ4n) is 3.24. The van der Waals surface area contributed by atoms with Crippen LogP contribution in [0.5, 0.6) is 5.75 Å². The quantitative estimate of drug-likeness (QED) is 0.487. The van der Waals surface area contributed by atoms with Crippen molar-refractivity contribution in [1.82, 2.24) is 4.90 Å². The van der Waals surface area contributed by atoms with Gasteiger partial charge in [0.15, 0.2) is 0 Å². The Morgan fingerprint density at radius 1 is 0.935 bits per heavy atom. The first-order chi connectivity index (χ1) is 14.8. The Bertz CT molecular complexity index is 1080. The molecule has 0 saturated carbocycles. The van der Waals surface area contributed by atoms with E-state index in [1.54, 1.807) is 54.4 Å². The molecule has 0 bridgehead atoms. The average molecular weight is 481 g/mol. The van der Waals surface area contributed by atoms with Crippen LogP contribution in [0.3, 0.4) is 0 Å². The Balaban J connectivity index is 1.66. The van der Waals surface area contributed by atoms with E-state index in [9.17, 15) is 9.59 Å². The summed E-state index contributed by atoms with van der Waals surface area (Å²) < 4.78 is 6.51. The number of amides is 2. The molecular weight excluding hydrogens is 456 g/mol. The number of likely N-dealkylation sites (N-methyl/N-ethyl adjacent to an activating group) is 1. The highest BCUT2D eigenvalue weighted by Crippen LogP contribution is 2.21. The molecule has 0 aromatic heterocycles. The lowest BCUT2D eigenvalue weighted by Gasteiger charge is -2.20. The first-order valence-corrected chi connectivity index (χ1v) is 10.8. The van der Waals surface area contributed by atoms with Crippen molar-refractivity contribution in [2.75, 3.05) is 25.5 Å². The summed E-state index contributed by atoms with van der Waals surface area (Å²) in [4.78, 5) is 27.3. The van der Waals surface area contributed by atoms with Gasteiger partial charge >= 0.3 is 0 Å². The summed E-state index contributed by atoms with van der Waals surface area (Å²) in [7, 11) is 1.72. The summed E-state index contributed by atoms with van der Waals surface area (Å²) in [5.74, 6) is 0.319. The number of nitrogens with one attached hydrogen (secondary N) is 1. The lowest BCUT2D eigenvalue weighted by molar-refractivity contribution is 0.0774. The Morgan fingerprint density at radius 2 is 1.55 bits per heavy atom. The largest absolute Gasteiger partial charge is 0.492 e. The number of benzene rings is 3. The topological polar surface area (TPSA) is 58.6 Å². The maximum atomic E-state index is 13.0. The fourth-order valence-corrected chi connectivity index (χ4v) is 3.70. The molecule has 0 aliphatic carbocycles. The molecule has 6 heteroatoms. The number of para-hydroxylation sites is 1. The van der Waals surface area contributed by atoms with Gasteiger partial charge in [-0.2, -0.15) is 0 Å². The highest BCUT2D eigenvalue weighted by molar-refractivity contribution is 9.10. The van der Waals surface area contributed by atoms with Crippen LogP contribution in [0.15, 0.2) is 71.2 Å². The Labute approximate surface area is 191 Å². The highest BCUT2D eigenvalue weighted by Gasteiger charge is 2.18. The maximum absolute atomic E-state index is 13.0. The van der Waals surface area contributed by atoms with Crippen LogP contribution in [0.2, 0.25) is 0 Å². The summed E-state index contributed by atoms with van der Waals surface area (Å²) in [6, 6.07) is 20.2. The predicted molar refractivity (Wildman–Crippen MR) is 127 cm³/mol. The molecule has 31 heavy (non-hydrogen) atoms. The number of halogens is 1. The van der Waals surface area contributed by atoms with Crippen LogP contribution in [0.4, 0.5) is 5.69 Å². The number of ether oxygens (including phenoxy) is 1. The SMILES string of the molecule is Cc1cc(C)cc(OCCN(C)C(=O)c2ccccc2NC(=O)c2ccccc2Br)c1. The van der Waals surface area contributed by atoms with Crippen LogP contribution < -0.4 is 10.1 Å². The molecule has 160 valence electrons. The van der Waals surface area contributed by atoms with Gasteiger partial charge in [0.1, 0.15) is 12.4 Å². The standard InChI is InChI=1S/C25H25BrN2O3/c1-17-14-18(2)16-19(15-17)31-13-12-28(3)25(30)21-9-5-7-11-23(21)27-24(29)20-8-4-6-10-22(20)26/h4-11,14-16H,12-13H2,1-3H3,(H,27,29). The molecule has 3 aromatic rings. The summed E-state index contributed by atoms with van der Waals surface area (Å²) in [6.45, 7) is 4.83. The second-order valence-electron chi connectivity index (χ2n) is 7.38. The molecule has 0 saturated heterocycles. The van der Waals surface area contributed by atoms with E-state index in [0.29, 0.717) is 34.4 Å². The van der Waals surface area contributed by atoms with Crippen molar-refractivity contribution in [1.29, 1.82) is 0 Å². The summed E-state index contributed by atoms with van der Waals surface area (Å²) >= 11 is 3.39. The molecule has 0 unspecified atom stereocenters. The van der Waals surface area contributed by atoms with Gasteiger partial charge < -0.3 is 15.0 Å². The van der Waals surface area contributed by atoms with E-state index in [0.717, 1.165) is 16.9 Å². The van der Waals surface area contributed by atoms with Crippen molar-refractivity contribution in [2.24, 2.45) is 0 Å². The van der Waals surface area contributed by atoms with E-state index in [4.69, 9.17) is 4.74 Å². The molecule has 0 spiro atoms. The van der Waals surface area contributed by atoms with E-state index in [2.05, 4.69) is 27.3 Å². The highest BCUT2D eigenvalue weighted by atomic mass is 79.9. The normalized spacial score (nSPS) is 10.5. The fraction of sp³-hybridized carbons (Fsp3) is 0.200. The number of carbonyl (C=O) groups is 2. The van der Waals surface area contributed by atoms with Crippen LogP contribution >= 0.6 is 15.9 Å². The van der Waals surface area contributed by atoms with E-state index >= 15 is 0 Å². The molecule has 0 atom stereocenters. The van der Waals surface area contributed by atoms with Crippen LogP contribution in [-0.4, -0.2) is 36.9 Å². The van der Waals surface area contributed by atoms with Crippen molar-refractivity contribution in [3.8, 4) is 5.75 Å². The molecule has 1 N–H and O–H groups in total. The van der Waals surface area contributed by atoms with Gasteiger partial charge in [0, 0.05) is 11.5 Å². The van der Waals surface area contributed by atoms with Crippen LogP contribution in [-0.2, 0) is 0 Å². The third kappa shape index (κ3) is 5.95. The number of nitrogens with zero attached hydrogens (tertiary/aromatic N) is 1. The number of aryl methyl sites for hydroxylation is 2. The van der Waals surface area contributed by atoms with Gasteiger partial charge in [-0.05, 0) is 77.3 Å². The smallest absolute Gasteiger partial charge is 0.256 e. The number of carbonyl (C=O) groups excluding carboxylic acids is 2. The van der Waals surface area contributed by atoms with Gasteiger partial charge in [-0.15, -0.1) is 0 Å². The van der Waals surface area contributed by atoms with Gasteiger partial charge in [-0.3, -0.25) is 9.59 Å². The first-order valence-electron chi connectivity index (χ1n) is 9.96. The lowest BCUT2D eigenvalue weighted by atomic mass is 10.1. The molecular formula is C25H25BrN2O3. The average Bonchev–Trinajstić information content (AvgIpc) is 2.73. The number of hydrogen-bond acceptors (Lipinski definition) is 3. The van der Waals surface area contributed by atoms with Gasteiger partial charge in [0.2, 0.25) is 0 Å². The third-order valence-electron chi connectivity index (χ3n) is 4.76. The first kappa shape index (κ1) is 22.6. The van der Waals surface area contributed by atoms with Gasteiger partial charge in [-0.25, -0.2) is 0 Å². The predicted octanol–water partition coefficient (Wildman–Crippen LogP) is 5.47. The zero-order valence-electron chi connectivity index (χ0n) is 17.8. The molecule has 0 heterocycles. The minimum atomic E-state index is -0.284. The van der Waals surface area contributed by atoms with Gasteiger partial charge in [0.05, 0.1) is 23.4 Å². The molecule has 3 rings (SSSR count). The van der Waals surface area contributed by atoms with Gasteiger partial charge in [-0.1, -0.05) is 30.3 Å². The molecule has 0 radical (unpaired) electrons. The summed E-state index contributed by atoms with van der Waals surface area (Å²) in [5, 5.41) is 2.85. The van der Waals surface area contributed by atoms with E-state index in [1.807, 2.05) is 32.0 Å². The van der Waals surface area contributed by atoms with Crippen LogP contribution in [0, 0.1) is 13.8 Å². The zero-order valence-corrected chi connectivity index (χ0v) is 19.4. The Morgan fingerprint density at radius 3 is 2.23 bits per heavy atom. The molecule has 3 aromatic carbocycles.